The second-order valence-electron chi connectivity index (χ2n) is 5.54. The summed E-state index contributed by atoms with van der Waals surface area (Å²) in [5, 5.41) is 19.6. The van der Waals surface area contributed by atoms with Crippen molar-refractivity contribution in [3.63, 3.8) is 0 Å². The van der Waals surface area contributed by atoms with E-state index in [2.05, 4.69) is 5.32 Å². The number of rotatable bonds is 3. The summed E-state index contributed by atoms with van der Waals surface area (Å²) >= 11 is 0. The third-order valence-electron chi connectivity index (χ3n) is 4.20. The Bertz CT molecular complexity index is 678. The zero-order chi connectivity index (χ0) is 15.2. The van der Waals surface area contributed by atoms with Crippen molar-refractivity contribution in [2.75, 3.05) is 31.1 Å². The van der Waals surface area contributed by atoms with E-state index in [9.17, 15) is 18.5 Å². The van der Waals surface area contributed by atoms with E-state index >= 15 is 0 Å². The van der Waals surface area contributed by atoms with Crippen molar-refractivity contribution in [3.8, 4) is 0 Å². The zero-order valence-corrected chi connectivity index (χ0v) is 12.0. The Balaban J connectivity index is 1.97. The highest BCUT2D eigenvalue weighted by Crippen LogP contribution is 2.36. The number of anilines is 1. The van der Waals surface area contributed by atoms with Crippen LogP contribution in [-0.4, -0.2) is 39.5 Å². The molecule has 0 saturated carbocycles. The SMILES string of the molecule is NS(=O)(=O)c1ccc(N2C[C@H]3CNC[C@H]3C2)c([N+](=O)[O-])c1. The molecule has 0 spiro atoms. The van der Waals surface area contributed by atoms with Crippen LogP contribution < -0.4 is 15.4 Å². The fourth-order valence-electron chi connectivity index (χ4n) is 3.15. The number of hydrogen-bond acceptors (Lipinski definition) is 6. The van der Waals surface area contributed by atoms with Crippen LogP contribution in [0.3, 0.4) is 0 Å². The van der Waals surface area contributed by atoms with Gasteiger partial charge in [-0.05, 0) is 24.0 Å². The summed E-state index contributed by atoms with van der Waals surface area (Å²) in [6, 6.07) is 3.84. The van der Waals surface area contributed by atoms with Crippen LogP contribution in [-0.2, 0) is 10.0 Å². The monoisotopic (exact) mass is 312 g/mol. The van der Waals surface area contributed by atoms with E-state index < -0.39 is 14.9 Å². The van der Waals surface area contributed by atoms with Gasteiger partial charge in [0, 0.05) is 32.2 Å². The number of nitrogens with zero attached hydrogens (tertiary/aromatic N) is 2. The van der Waals surface area contributed by atoms with Crippen LogP contribution in [0.1, 0.15) is 0 Å². The first-order valence-corrected chi connectivity index (χ1v) is 8.18. The Morgan fingerprint density at radius 2 is 1.90 bits per heavy atom. The van der Waals surface area contributed by atoms with Crippen molar-refractivity contribution in [2.24, 2.45) is 17.0 Å². The molecule has 3 rings (SSSR count). The summed E-state index contributed by atoms with van der Waals surface area (Å²) in [6.45, 7) is 3.33. The van der Waals surface area contributed by atoms with E-state index in [4.69, 9.17) is 5.14 Å². The second-order valence-corrected chi connectivity index (χ2v) is 7.10. The Morgan fingerprint density at radius 1 is 1.29 bits per heavy atom. The molecule has 114 valence electrons. The van der Waals surface area contributed by atoms with E-state index in [1.807, 2.05) is 4.90 Å². The molecule has 9 heteroatoms. The van der Waals surface area contributed by atoms with Crippen molar-refractivity contribution in [1.29, 1.82) is 0 Å². The highest BCUT2D eigenvalue weighted by atomic mass is 32.2. The number of benzene rings is 1. The molecule has 2 aliphatic heterocycles. The quantitative estimate of drug-likeness (QED) is 0.594. The number of nitrogens with two attached hydrogens (primary N) is 1. The van der Waals surface area contributed by atoms with Crippen LogP contribution >= 0.6 is 0 Å². The fourth-order valence-corrected chi connectivity index (χ4v) is 3.68. The van der Waals surface area contributed by atoms with Crippen LogP contribution in [0.25, 0.3) is 0 Å². The molecule has 21 heavy (non-hydrogen) atoms. The molecule has 0 aromatic heterocycles. The molecule has 2 heterocycles. The van der Waals surface area contributed by atoms with Crippen molar-refractivity contribution in [1.82, 2.24) is 5.32 Å². The fraction of sp³-hybridized carbons (Fsp3) is 0.500. The molecular weight excluding hydrogens is 296 g/mol. The first-order chi connectivity index (χ1) is 9.86. The number of nitro benzene ring substituents is 1. The van der Waals surface area contributed by atoms with Crippen LogP contribution in [0.4, 0.5) is 11.4 Å². The first-order valence-electron chi connectivity index (χ1n) is 6.63. The minimum Gasteiger partial charge on any atom is -0.365 e. The summed E-state index contributed by atoms with van der Waals surface area (Å²) in [6.07, 6.45) is 0. The van der Waals surface area contributed by atoms with Gasteiger partial charge in [0.2, 0.25) is 10.0 Å². The summed E-state index contributed by atoms with van der Waals surface area (Å²) in [7, 11) is -3.95. The standard InChI is InChI=1S/C12H16N4O4S/c13-21(19,20)10-1-2-11(12(3-10)16(17)18)15-6-8-4-14-5-9(8)7-15/h1-3,8-9,14H,4-7H2,(H2,13,19,20)/t8-,9+. The van der Waals surface area contributed by atoms with Gasteiger partial charge in [-0.2, -0.15) is 0 Å². The van der Waals surface area contributed by atoms with E-state index in [1.165, 1.54) is 12.1 Å². The molecule has 3 N–H and O–H groups in total. The lowest BCUT2D eigenvalue weighted by Crippen LogP contribution is -2.26. The van der Waals surface area contributed by atoms with Gasteiger partial charge in [0.05, 0.1) is 9.82 Å². The van der Waals surface area contributed by atoms with Crippen LogP contribution in [0.15, 0.2) is 23.1 Å². The molecule has 8 nitrogen and oxygen atoms in total. The van der Waals surface area contributed by atoms with Crippen LogP contribution in [0.5, 0.6) is 0 Å². The highest BCUT2D eigenvalue weighted by molar-refractivity contribution is 7.89. The van der Waals surface area contributed by atoms with E-state index in [0.29, 0.717) is 17.5 Å². The maximum atomic E-state index is 11.3. The lowest BCUT2D eigenvalue weighted by molar-refractivity contribution is -0.384. The number of hydrogen-bond donors (Lipinski definition) is 2. The Morgan fingerprint density at radius 3 is 2.43 bits per heavy atom. The molecule has 1 aromatic rings. The largest absolute Gasteiger partial charge is 0.365 e. The third kappa shape index (κ3) is 2.59. The summed E-state index contributed by atoms with van der Waals surface area (Å²) in [5.74, 6) is 0.977. The maximum Gasteiger partial charge on any atom is 0.293 e. The Labute approximate surface area is 122 Å². The molecular formula is C12H16N4O4S. The minimum absolute atomic E-state index is 0.213. The van der Waals surface area contributed by atoms with Crippen LogP contribution in [0, 0.1) is 22.0 Å². The molecule has 2 fully saturated rings. The van der Waals surface area contributed by atoms with Gasteiger partial charge in [-0.1, -0.05) is 0 Å². The van der Waals surface area contributed by atoms with Crippen molar-refractivity contribution >= 4 is 21.4 Å². The number of nitro groups is 1. The highest BCUT2D eigenvalue weighted by Gasteiger charge is 2.38. The number of primary sulfonamides is 1. The smallest absolute Gasteiger partial charge is 0.293 e. The molecule has 1 aromatic carbocycles. The molecule has 2 atom stereocenters. The summed E-state index contributed by atoms with van der Waals surface area (Å²) < 4.78 is 22.7. The van der Waals surface area contributed by atoms with Gasteiger partial charge in [0.15, 0.2) is 0 Å². The molecule has 2 aliphatic rings. The van der Waals surface area contributed by atoms with E-state index in [0.717, 1.165) is 32.2 Å². The summed E-state index contributed by atoms with van der Waals surface area (Å²) in [5.41, 5.74) is 0.247. The van der Waals surface area contributed by atoms with Crippen molar-refractivity contribution < 1.29 is 13.3 Å². The molecule has 0 radical (unpaired) electrons. The minimum atomic E-state index is -3.95. The van der Waals surface area contributed by atoms with Gasteiger partial charge in [0.25, 0.3) is 5.69 Å². The van der Waals surface area contributed by atoms with Gasteiger partial charge < -0.3 is 10.2 Å². The second kappa shape index (κ2) is 4.93. The average molecular weight is 312 g/mol. The van der Waals surface area contributed by atoms with Crippen LogP contribution in [0.2, 0.25) is 0 Å². The lowest BCUT2D eigenvalue weighted by atomic mass is 10.0. The molecule has 0 bridgehead atoms. The van der Waals surface area contributed by atoms with E-state index in [-0.39, 0.29) is 10.6 Å². The van der Waals surface area contributed by atoms with Crippen molar-refractivity contribution in [2.45, 2.75) is 4.90 Å². The van der Waals surface area contributed by atoms with Gasteiger partial charge >= 0.3 is 0 Å². The first kappa shape index (κ1) is 14.2. The van der Waals surface area contributed by atoms with E-state index in [1.54, 1.807) is 0 Å². The lowest BCUT2D eigenvalue weighted by Gasteiger charge is -2.19. The summed E-state index contributed by atoms with van der Waals surface area (Å²) in [4.78, 5) is 12.4. The van der Waals surface area contributed by atoms with Gasteiger partial charge in [-0.15, -0.1) is 0 Å². The molecule has 0 amide bonds. The maximum absolute atomic E-state index is 11.3. The van der Waals surface area contributed by atoms with Gasteiger partial charge in [0.1, 0.15) is 5.69 Å². The average Bonchev–Trinajstić information content (AvgIpc) is 2.97. The number of sulfonamides is 1. The normalized spacial score (nSPS) is 25.1. The van der Waals surface area contributed by atoms with Gasteiger partial charge in [-0.25, -0.2) is 13.6 Å². The Hall–Kier alpha value is -1.71. The molecule has 0 aliphatic carbocycles. The Kier molecular flexibility index (Phi) is 3.34. The zero-order valence-electron chi connectivity index (χ0n) is 11.2. The molecule has 0 unspecified atom stereocenters. The topological polar surface area (TPSA) is 119 Å². The predicted molar refractivity (Wildman–Crippen MR) is 76.5 cm³/mol. The third-order valence-corrected chi connectivity index (χ3v) is 5.11. The number of fused-ring (bicyclic) bond motifs is 1. The number of nitrogens with one attached hydrogen (secondary N) is 1. The predicted octanol–water partition coefficient (Wildman–Crippen LogP) is -0.102. The van der Waals surface area contributed by atoms with Gasteiger partial charge in [-0.3, -0.25) is 10.1 Å². The molecule has 2 saturated heterocycles. The van der Waals surface area contributed by atoms with Crippen molar-refractivity contribution in [3.05, 3.63) is 28.3 Å².